The molecule has 25 heavy (non-hydrogen) atoms. The molecule has 0 spiro atoms. The number of rotatable bonds is 11. The van der Waals surface area contributed by atoms with Crippen LogP contribution in [0.5, 0.6) is 0 Å². The summed E-state index contributed by atoms with van der Waals surface area (Å²) < 4.78 is 6.87. The lowest BCUT2D eigenvalue weighted by molar-refractivity contribution is 0.230. The number of nitrogens with zero attached hydrogens (tertiary/aromatic N) is 1. The molecule has 0 aromatic heterocycles. The van der Waals surface area contributed by atoms with Crippen molar-refractivity contribution in [2.45, 2.75) is 97.2 Å². The van der Waals surface area contributed by atoms with Crippen LogP contribution in [0.1, 0.15) is 80.6 Å². The molecule has 0 radical (unpaired) electrons. The van der Waals surface area contributed by atoms with Crippen molar-refractivity contribution in [3.8, 4) is 6.07 Å². The van der Waals surface area contributed by atoms with Crippen molar-refractivity contribution in [1.82, 2.24) is 0 Å². The van der Waals surface area contributed by atoms with E-state index in [4.69, 9.17) is 4.43 Å². The molecule has 1 atom stereocenters. The first-order valence-corrected chi connectivity index (χ1v) is 12.4. The maximum atomic E-state index is 9.47. The van der Waals surface area contributed by atoms with E-state index in [1.165, 1.54) is 24.8 Å². The molecule has 1 aliphatic rings. The number of unbranched alkanes of at least 4 members (excludes halogenated alkanes) is 2. The van der Waals surface area contributed by atoms with Crippen LogP contribution in [0.15, 0.2) is 23.3 Å². The zero-order chi connectivity index (χ0) is 19.0. The lowest BCUT2D eigenvalue weighted by atomic mass is 9.92. The molecule has 0 heterocycles. The molecule has 0 saturated carbocycles. The van der Waals surface area contributed by atoms with Gasteiger partial charge in [-0.05, 0) is 28.6 Å². The minimum Gasteiger partial charge on any atom is -0.415 e. The van der Waals surface area contributed by atoms with Gasteiger partial charge in [0.05, 0.1) is 6.07 Å². The molecule has 0 aliphatic heterocycles. The maximum absolute atomic E-state index is 9.47. The van der Waals surface area contributed by atoms with E-state index < -0.39 is 8.32 Å². The predicted molar refractivity (Wildman–Crippen MR) is 111 cm³/mol. The van der Waals surface area contributed by atoms with Gasteiger partial charge in [-0.15, -0.1) is 0 Å². The molecule has 0 aromatic rings. The fourth-order valence-electron chi connectivity index (χ4n) is 4.73. The van der Waals surface area contributed by atoms with Crippen molar-refractivity contribution >= 4 is 8.32 Å². The second kappa shape index (κ2) is 10.3. The third-order valence-corrected chi connectivity index (χ3v) is 12.0. The van der Waals surface area contributed by atoms with E-state index in [2.05, 4.69) is 66.7 Å². The van der Waals surface area contributed by atoms with Gasteiger partial charge in [0.2, 0.25) is 0 Å². The van der Waals surface area contributed by atoms with Gasteiger partial charge in [0.1, 0.15) is 0 Å². The fraction of sp³-hybridized carbons (Fsp3) is 0.773. The summed E-state index contributed by atoms with van der Waals surface area (Å²) in [5.74, 6) is 0.378. The van der Waals surface area contributed by atoms with E-state index in [1.807, 2.05) is 0 Å². The Kier molecular flexibility index (Phi) is 9.17. The maximum Gasteiger partial charge on any atom is 0.200 e. The molecular weight excluding hydrogens is 322 g/mol. The van der Waals surface area contributed by atoms with Gasteiger partial charge in [0, 0.05) is 24.5 Å². The summed E-state index contributed by atoms with van der Waals surface area (Å²) in [5, 5.41) is 9.47. The molecule has 1 rings (SSSR count). The normalized spacial score (nSPS) is 16.4. The Morgan fingerprint density at radius 1 is 1.08 bits per heavy atom. The van der Waals surface area contributed by atoms with E-state index in [1.54, 1.807) is 0 Å². The smallest absolute Gasteiger partial charge is 0.200 e. The van der Waals surface area contributed by atoms with E-state index in [9.17, 15) is 5.26 Å². The highest BCUT2D eigenvalue weighted by atomic mass is 28.4. The van der Waals surface area contributed by atoms with Crippen molar-refractivity contribution in [3.63, 3.8) is 0 Å². The monoisotopic (exact) mass is 361 g/mol. The first-order chi connectivity index (χ1) is 11.8. The summed E-state index contributed by atoms with van der Waals surface area (Å²) in [7, 11) is -1.85. The van der Waals surface area contributed by atoms with E-state index in [0.717, 1.165) is 25.0 Å². The third-order valence-electron chi connectivity index (χ3n) is 5.94. The largest absolute Gasteiger partial charge is 0.415 e. The van der Waals surface area contributed by atoms with Crippen molar-refractivity contribution in [1.29, 1.82) is 5.26 Å². The second-order valence-electron chi connectivity index (χ2n) is 8.47. The standard InChI is InChI=1S/C22H39NOSi/c1-8-9-10-12-21(22-14-11-13-20(22)15-23)16-24-25(17(2)3,18(4)5)19(6)7/h11,14,17-19,21H,8-10,12-13,16H2,1-7H3/t21-/m0/s1. The molecule has 2 nitrogen and oxygen atoms in total. The molecule has 0 unspecified atom stereocenters. The first-order valence-electron chi connectivity index (χ1n) is 10.2. The average Bonchev–Trinajstić information content (AvgIpc) is 3.01. The van der Waals surface area contributed by atoms with Gasteiger partial charge in [-0.2, -0.15) is 5.26 Å². The molecule has 142 valence electrons. The van der Waals surface area contributed by atoms with Gasteiger partial charge in [-0.1, -0.05) is 79.9 Å². The Morgan fingerprint density at radius 3 is 2.16 bits per heavy atom. The van der Waals surface area contributed by atoms with Gasteiger partial charge in [-0.3, -0.25) is 0 Å². The number of hydrogen-bond donors (Lipinski definition) is 0. The van der Waals surface area contributed by atoms with E-state index in [-0.39, 0.29) is 0 Å². The molecule has 0 bridgehead atoms. The molecule has 0 fully saturated rings. The minimum atomic E-state index is -1.85. The lowest BCUT2D eigenvalue weighted by Crippen LogP contribution is -2.48. The topological polar surface area (TPSA) is 33.0 Å². The van der Waals surface area contributed by atoms with Crippen molar-refractivity contribution in [3.05, 3.63) is 23.3 Å². The van der Waals surface area contributed by atoms with Gasteiger partial charge in [-0.25, -0.2) is 0 Å². The highest BCUT2D eigenvalue weighted by Crippen LogP contribution is 2.43. The first kappa shape index (κ1) is 22.2. The van der Waals surface area contributed by atoms with Crippen LogP contribution in [0.4, 0.5) is 0 Å². The zero-order valence-electron chi connectivity index (χ0n) is 17.6. The van der Waals surface area contributed by atoms with Crippen LogP contribution in [0.2, 0.25) is 16.6 Å². The van der Waals surface area contributed by atoms with E-state index >= 15 is 0 Å². The Hall–Kier alpha value is -0.853. The summed E-state index contributed by atoms with van der Waals surface area (Å²) in [4.78, 5) is 0. The zero-order valence-corrected chi connectivity index (χ0v) is 18.6. The summed E-state index contributed by atoms with van der Waals surface area (Å²) >= 11 is 0. The number of allylic oxidation sites excluding steroid dienone is 3. The molecule has 0 saturated heterocycles. The number of hydrogen-bond acceptors (Lipinski definition) is 2. The minimum absolute atomic E-state index is 0.378. The summed E-state index contributed by atoms with van der Waals surface area (Å²) in [6.07, 6.45) is 9.97. The molecular formula is C22H39NOSi. The predicted octanol–water partition coefficient (Wildman–Crippen LogP) is 7.16. The van der Waals surface area contributed by atoms with Crippen molar-refractivity contribution < 1.29 is 4.43 Å². The molecule has 0 N–H and O–H groups in total. The third kappa shape index (κ3) is 5.31. The van der Waals surface area contributed by atoms with E-state index in [0.29, 0.717) is 22.5 Å². The summed E-state index contributed by atoms with van der Waals surface area (Å²) in [6.45, 7) is 17.1. The van der Waals surface area contributed by atoms with Crippen LogP contribution in [-0.4, -0.2) is 14.9 Å². The Balaban J connectivity index is 3.00. The average molecular weight is 362 g/mol. The van der Waals surface area contributed by atoms with Gasteiger partial charge in [0.15, 0.2) is 8.32 Å². The van der Waals surface area contributed by atoms with Crippen LogP contribution in [0, 0.1) is 17.2 Å². The Bertz CT molecular complexity index is 489. The highest BCUT2D eigenvalue weighted by Gasteiger charge is 2.45. The Morgan fingerprint density at radius 2 is 1.68 bits per heavy atom. The van der Waals surface area contributed by atoms with Gasteiger partial charge >= 0.3 is 0 Å². The van der Waals surface area contributed by atoms with Crippen LogP contribution < -0.4 is 0 Å². The molecule has 3 heteroatoms. The quantitative estimate of drug-likeness (QED) is 0.289. The molecule has 1 aliphatic carbocycles. The van der Waals surface area contributed by atoms with Crippen LogP contribution in [0.3, 0.4) is 0 Å². The molecule has 0 amide bonds. The highest BCUT2D eigenvalue weighted by molar-refractivity contribution is 6.77. The summed E-state index contributed by atoms with van der Waals surface area (Å²) in [6, 6.07) is 2.42. The SMILES string of the molecule is CCCCC[C@@H](CO[Si](C(C)C)(C(C)C)C(C)C)C1=C(C#N)CC=C1. The lowest BCUT2D eigenvalue weighted by Gasteiger charge is -2.43. The van der Waals surface area contributed by atoms with Crippen molar-refractivity contribution in [2.75, 3.05) is 6.61 Å². The van der Waals surface area contributed by atoms with Crippen molar-refractivity contribution in [2.24, 2.45) is 5.92 Å². The van der Waals surface area contributed by atoms with Crippen LogP contribution in [-0.2, 0) is 4.43 Å². The molecule has 0 aromatic carbocycles. The Labute approximate surface area is 157 Å². The van der Waals surface area contributed by atoms with Crippen LogP contribution in [0.25, 0.3) is 0 Å². The fourth-order valence-corrected chi connectivity index (χ4v) is 10.2. The van der Waals surface area contributed by atoms with Gasteiger partial charge < -0.3 is 4.43 Å². The second-order valence-corrected chi connectivity index (χ2v) is 13.9. The van der Waals surface area contributed by atoms with Crippen LogP contribution >= 0.6 is 0 Å². The summed E-state index contributed by atoms with van der Waals surface area (Å²) in [5.41, 5.74) is 4.01. The number of nitriles is 1. The van der Waals surface area contributed by atoms with Gasteiger partial charge in [0.25, 0.3) is 0 Å².